The second kappa shape index (κ2) is 10.1. The van der Waals surface area contributed by atoms with E-state index < -0.39 is 34.6 Å². The molecule has 4 atom stereocenters. The molecule has 35 heavy (non-hydrogen) atoms. The summed E-state index contributed by atoms with van der Waals surface area (Å²) in [6, 6.07) is 6.28. The number of hydrogen-bond donors (Lipinski definition) is 2. The van der Waals surface area contributed by atoms with Gasteiger partial charge in [-0.05, 0) is 66.1 Å². The summed E-state index contributed by atoms with van der Waals surface area (Å²) in [5.41, 5.74) is 14.8. The van der Waals surface area contributed by atoms with Gasteiger partial charge in [0.05, 0.1) is 23.5 Å². The quantitative estimate of drug-likeness (QED) is 0.290. The molecule has 11 heteroatoms. The van der Waals surface area contributed by atoms with Gasteiger partial charge in [-0.3, -0.25) is 9.78 Å². The lowest BCUT2D eigenvalue weighted by atomic mass is 9.73. The average Bonchev–Trinajstić information content (AvgIpc) is 2.82. The third-order valence-electron chi connectivity index (χ3n) is 6.24. The van der Waals surface area contributed by atoms with Crippen molar-refractivity contribution in [2.75, 3.05) is 5.32 Å². The van der Waals surface area contributed by atoms with Gasteiger partial charge in [-0.15, -0.1) is 0 Å². The molecule has 8 nitrogen and oxygen atoms in total. The van der Waals surface area contributed by atoms with Crippen LogP contribution in [-0.2, 0) is 0 Å². The van der Waals surface area contributed by atoms with E-state index in [-0.39, 0.29) is 29.6 Å². The summed E-state index contributed by atoms with van der Waals surface area (Å²) in [7, 11) is 0. The Labute approximate surface area is 199 Å². The molecule has 4 rings (SSSR count). The molecule has 180 valence electrons. The van der Waals surface area contributed by atoms with Crippen LogP contribution in [0.4, 0.5) is 18.9 Å². The molecule has 3 aromatic rings. The summed E-state index contributed by atoms with van der Waals surface area (Å²) in [5.74, 6) is -3.67. The number of benzene rings is 1. The first-order valence-electron chi connectivity index (χ1n) is 11.0. The van der Waals surface area contributed by atoms with Crippen molar-refractivity contribution in [3.05, 3.63) is 87.9 Å². The zero-order chi connectivity index (χ0) is 25.1. The van der Waals surface area contributed by atoms with Crippen LogP contribution in [0, 0.1) is 23.4 Å². The van der Waals surface area contributed by atoms with Crippen molar-refractivity contribution in [1.29, 1.82) is 0 Å². The lowest BCUT2D eigenvalue weighted by Crippen LogP contribution is -2.43. The topological polar surface area (TPSA) is 130 Å². The summed E-state index contributed by atoms with van der Waals surface area (Å²) in [6.45, 7) is 1.95. The summed E-state index contributed by atoms with van der Waals surface area (Å²) < 4.78 is 42.8. The summed E-state index contributed by atoms with van der Waals surface area (Å²) in [6.07, 6.45) is 4.28. The van der Waals surface area contributed by atoms with Gasteiger partial charge in [0.2, 0.25) is 0 Å². The largest absolute Gasteiger partial charge is 0.327 e. The Balaban J connectivity index is 1.61. The van der Waals surface area contributed by atoms with Crippen LogP contribution in [0.1, 0.15) is 41.7 Å². The number of amides is 1. The van der Waals surface area contributed by atoms with E-state index in [1.54, 1.807) is 12.3 Å². The second-order valence-electron chi connectivity index (χ2n) is 8.55. The van der Waals surface area contributed by atoms with Gasteiger partial charge in [-0.25, -0.2) is 18.2 Å². The average molecular weight is 481 g/mol. The SMILES string of the molecule is C[C@H]1C[C@@H](c2ccncc2NC(=O)c2ccc(F)c(-c3c(F)cccc3F)n2)C[C@@H](N)[C@@H]1N=[N+]=[N-]. The molecule has 2 heterocycles. The molecule has 3 N–H and O–H groups in total. The minimum Gasteiger partial charge on any atom is -0.327 e. The van der Waals surface area contributed by atoms with Crippen molar-refractivity contribution in [3.63, 3.8) is 0 Å². The Hall–Kier alpha value is -3.95. The third kappa shape index (κ3) is 4.96. The molecule has 0 radical (unpaired) electrons. The van der Waals surface area contributed by atoms with Crippen LogP contribution < -0.4 is 11.1 Å². The fourth-order valence-electron chi connectivity index (χ4n) is 4.61. The predicted octanol–water partition coefficient (Wildman–Crippen LogP) is 5.33. The number of pyridine rings is 2. The Morgan fingerprint density at radius 1 is 1.14 bits per heavy atom. The highest BCUT2D eigenvalue weighted by molar-refractivity contribution is 6.03. The van der Waals surface area contributed by atoms with E-state index in [0.717, 1.165) is 35.9 Å². The molecule has 1 aliphatic rings. The fourth-order valence-corrected chi connectivity index (χ4v) is 4.61. The molecule has 0 bridgehead atoms. The second-order valence-corrected chi connectivity index (χ2v) is 8.55. The smallest absolute Gasteiger partial charge is 0.274 e. The molecule has 1 fully saturated rings. The van der Waals surface area contributed by atoms with Crippen molar-refractivity contribution < 1.29 is 18.0 Å². The highest BCUT2D eigenvalue weighted by atomic mass is 19.1. The number of carbonyl (C=O) groups is 1. The number of aromatic nitrogens is 2. The Kier molecular flexibility index (Phi) is 6.99. The lowest BCUT2D eigenvalue weighted by Gasteiger charge is -2.37. The van der Waals surface area contributed by atoms with Crippen LogP contribution in [0.25, 0.3) is 21.7 Å². The first kappa shape index (κ1) is 24.2. The summed E-state index contributed by atoms with van der Waals surface area (Å²) in [5, 5.41) is 6.54. The molecule has 1 saturated carbocycles. The first-order chi connectivity index (χ1) is 16.8. The van der Waals surface area contributed by atoms with Crippen LogP contribution in [0.2, 0.25) is 0 Å². The number of halogens is 3. The van der Waals surface area contributed by atoms with Gasteiger partial charge in [-0.2, -0.15) is 0 Å². The van der Waals surface area contributed by atoms with Crippen LogP contribution in [-0.4, -0.2) is 28.0 Å². The van der Waals surface area contributed by atoms with E-state index in [4.69, 9.17) is 11.3 Å². The number of nitrogens with one attached hydrogen (secondary N) is 1. The van der Waals surface area contributed by atoms with Crippen LogP contribution in [0.3, 0.4) is 0 Å². The standard InChI is InChI=1S/C24H22F3N7O/c1-12-9-13(10-18(28)22(12)33-34-29)14-7-8-30-11-20(14)32-24(35)19-6-5-17(27)23(31-19)21-15(25)3-2-4-16(21)26/h2-8,11-13,18,22H,9-10,28H2,1H3,(H,32,35)/t12-,13+,18+,22+/m0/s1. The monoisotopic (exact) mass is 481 g/mol. The van der Waals surface area contributed by atoms with E-state index in [2.05, 4.69) is 25.3 Å². The molecule has 1 aromatic carbocycles. The number of carbonyl (C=O) groups excluding carboxylic acids is 1. The highest BCUT2D eigenvalue weighted by Gasteiger charge is 2.34. The number of anilines is 1. The highest BCUT2D eigenvalue weighted by Crippen LogP contribution is 2.39. The lowest BCUT2D eigenvalue weighted by molar-refractivity contribution is 0.102. The molecule has 0 aliphatic heterocycles. The van der Waals surface area contributed by atoms with Crippen molar-refractivity contribution in [2.24, 2.45) is 16.8 Å². The number of rotatable bonds is 5. The Morgan fingerprint density at radius 2 is 1.89 bits per heavy atom. The van der Waals surface area contributed by atoms with Gasteiger partial charge in [0.1, 0.15) is 28.8 Å². The maximum atomic E-state index is 14.4. The zero-order valence-electron chi connectivity index (χ0n) is 18.7. The summed E-state index contributed by atoms with van der Waals surface area (Å²) >= 11 is 0. The van der Waals surface area contributed by atoms with Gasteiger partial charge in [0.25, 0.3) is 5.91 Å². The molecular weight excluding hydrogens is 459 g/mol. The maximum absolute atomic E-state index is 14.4. The first-order valence-corrected chi connectivity index (χ1v) is 11.0. The van der Waals surface area contributed by atoms with Crippen LogP contribution in [0.15, 0.2) is 53.9 Å². The van der Waals surface area contributed by atoms with Gasteiger partial charge < -0.3 is 11.1 Å². The van der Waals surface area contributed by atoms with E-state index in [9.17, 15) is 18.0 Å². The fraction of sp³-hybridized carbons (Fsp3) is 0.292. The van der Waals surface area contributed by atoms with Crippen molar-refractivity contribution in [1.82, 2.24) is 9.97 Å². The minimum atomic E-state index is -0.995. The normalized spacial score (nSPS) is 21.7. The third-order valence-corrected chi connectivity index (χ3v) is 6.24. The van der Waals surface area contributed by atoms with Gasteiger partial charge in [0.15, 0.2) is 0 Å². The van der Waals surface area contributed by atoms with Crippen molar-refractivity contribution in [2.45, 2.75) is 37.8 Å². The molecule has 1 amide bonds. The summed E-state index contributed by atoms with van der Waals surface area (Å²) in [4.78, 5) is 23.9. The molecule has 1 aliphatic carbocycles. The van der Waals surface area contributed by atoms with Crippen molar-refractivity contribution in [3.8, 4) is 11.3 Å². The predicted molar refractivity (Wildman–Crippen MR) is 124 cm³/mol. The van der Waals surface area contributed by atoms with Crippen molar-refractivity contribution >= 4 is 11.6 Å². The Bertz CT molecular complexity index is 1280. The number of nitrogens with two attached hydrogens (primary N) is 1. The van der Waals surface area contributed by atoms with Crippen LogP contribution >= 0.6 is 0 Å². The van der Waals surface area contributed by atoms with Gasteiger partial charge >= 0.3 is 0 Å². The number of nitrogens with zero attached hydrogens (tertiary/aromatic N) is 5. The van der Waals surface area contributed by atoms with E-state index in [1.807, 2.05) is 6.92 Å². The Morgan fingerprint density at radius 3 is 2.57 bits per heavy atom. The molecule has 0 saturated heterocycles. The number of hydrogen-bond acceptors (Lipinski definition) is 5. The molecular formula is C24H22F3N7O. The van der Waals surface area contributed by atoms with E-state index in [0.29, 0.717) is 18.5 Å². The van der Waals surface area contributed by atoms with Gasteiger partial charge in [-0.1, -0.05) is 18.1 Å². The molecule has 0 unspecified atom stereocenters. The number of azide groups is 1. The zero-order valence-corrected chi connectivity index (χ0v) is 18.7. The maximum Gasteiger partial charge on any atom is 0.274 e. The van der Waals surface area contributed by atoms with E-state index in [1.165, 1.54) is 6.20 Å². The van der Waals surface area contributed by atoms with Gasteiger partial charge in [0, 0.05) is 17.2 Å². The van der Waals surface area contributed by atoms with Crippen LogP contribution in [0.5, 0.6) is 0 Å². The molecule has 0 spiro atoms. The van der Waals surface area contributed by atoms with E-state index >= 15 is 0 Å². The minimum absolute atomic E-state index is 0.0216. The molecule has 2 aromatic heterocycles.